The van der Waals surface area contributed by atoms with Crippen molar-refractivity contribution in [2.75, 3.05) is 18.5 Å². The maximum atomic E-state index is 10.3. The SMILES string of the molecule is C#CCN(C)c1ncc(/C=C/C(=O)O)cn1. The van der Waals surface area contributed by atoms with Gasteiger partial charge < -0.3 is 10.0 Å². The summed E-state index contributed by atoms with van der Waals surface area (Å²) in [5, 5.41) is 8.43. The van der Waals surface area contributed by atoms with Gasteiger partial charge in [0.25, 0.3) is 0 Å². The quantitative estimate of drug-likeness (QED) is 0.592. The lowest BCUT2D eigenvalue weighted by atomic mass is 10.3. The minimum absolute atomic E-state index is 0.421. The van der Waals surface area contributed by atoms with Crippen molar-refractivity contribution in [3.63, 3.8) is 0 Å². The van der Waals surface area contributed by atoms with Crippen LogP contribution in [0.4, 0.5) is 5.95 Å². The van der Waals surface area contributed by atoms with Gasteiger partial charge in [-0.3, -0.25) is 0 Å². The third kappa shape index (κ3) is 3.42. The lowest BCUT2D eigenvalue weighted by molar-refractivity contribution is -0.131. The van der Waals surface area contributed by atoms with Gasteiger partial charge in [0.05, 0.1) is 6.54 Å². The van der Waals surface area contributed by atoms with Gasteiger partial charge in [0, 0.05) is 31.1 Å². The number of nitrogens with zero attached hydrogens (tertiary/aromatic N) is 3. The van der Waals surface area contributed by atoms with E-state index < -0.39 is 5.97 Å². The lowest BCUT2D eigenvalue weighted by Crippen LogP contribution is -2.19. The van der Waals surface area contributed by atoms with Crippen molar-refractivity contribution < 1.29 is 9.90 Å². The normalized spacial score (nSPS) is 10.0. The van der Waals surface area contributed by atoms with Crippen LogP contribution in [0.1, 0.15) is 5.56 Å². The van der Waals surface area contributed by atoms with Gasteiger partial charge in [0.2, 0.25) is 5.95 Å². The van der Waals surface area contributed by atoms with Gasteiger partial charge in [-0.25, -0.2) is 14.8 Å². The van der Waals surface area contributed by atoms with Crippen LogP contribution in [0.3, 0.4) is 0 Å². The summed E-state index contributed by atoms with van der Waals surface area (Å²) in [7, 11) is 1.78. The molecule has 5 heteroatoms. The predicted octanol–water partition coefficient (Wildman–Crippen LogP) is 0.644. The van der Waals surface area contributed by atoms with Gasteiger partial charge in [0.15, 0.2) is 0 Å². The summed E-state index contributed by atoms with van der Waals surface area (Å²) in [6, 6.07) is 0. The van der Waals surface area contributed by atoms with E-state index in [1.165, 1.54) is 18.5 Å². The second kappa shape index (κ2) is 5.51. The van der Waals surface area contributed by atoms with E-state index >= 15 is 0 Å². The predicted molar refractivity (Wildman–Crippen MR) is 60.8 cm³/mol. The van der Waals surface area contributed by atoms with Gasteiger partial charge >= 0.3 is 5.97 Å². The number of terminal acetylenes is 1. The van der Waals surface area contributed by atoms with E-state index in [4.69, 9.17) is 11.5 Å². The summed E-state index contributed by atoms with van der Waals surface area (Å²) < 4.78 is 0. The van der Waals surface area contributed by atoms with Crippen LogP contribution < -0.4 is 4.90 Å². The fourth-order valence-corrected chi connectivity index (χ4v) is 0.990. The molecular weight excluding hydrogens is 206 g/mol. The Balaban J connectivity index is 2.76. The topological polar surface area (TPSA) is 66.3 Å². The fourth-order valence-electron chi connectivity index (χ4n) is 0.990. The number of hydrogen-bond acceptors (Lipinski definition) is 4. The van der Waals surface area contributed by atoms with Crippen molar-refractivity contribution >= 4 is 18.0 Å². The number of rotatable bonds is 4. The molecule has 16 heavy (non-hydrogen) atoms. The highest BCUT2D eigenvalue weighted by Crippen LogP contribution is 2.05. The summed E-state index contributed by atoms with van der Waals surface area (Å²) in [4.78, 5) is 20.1. The molecule has 1 heterocycles. The molecule has 82 valence electrons. The highest BCUT2D eigenvalue weighted by atomic mass is 16.4. The number of aromatic nitrogens is 2. The first-order chi connectivity index (χ1) is 7.63. The number of anilines is 1. The molecule has 0 saturated carbocycles. The van der Waals surface area contributed by atoms with Crippen LogP contribution in [-0.2, 0) is 4.79 Å². The molecule has 0 saturated heterocycles. The Bertz CT molecular complexity index is 432. The Morgan fingerprint density at radius 2 is 2.25 bits per heavy atom. The van der Waals surface area contributed by atoms with E-state index in [1.54, 1.807) is 11.9 Å². The van der Waals surface area contributed by atoms with Crippen LogP contribution in [0.5, 0.6) is 0 Å². The van der Waals surface area contributed by atoms with Crippen molar-refractivity contribution in [1.29, 1.82) is 0 Å². The van der Waals surface area contributed by atoms with Gasteiger partial charge in [-0.2, -0.15) is 0 Å². The van der Waals surface area contributed by atoms with Gasteiger partial charge in [-0.15, -0.1) is 6.42 Å². The minimum atomic E-state index is -1.01. The smallest absolute Gasteiger partial charge is 0.328 e. The van der Waals surface area contributed by atoms with Crippen molar-refractivity contribution in [2.24, 2.45) is 0 Å². The van der Waals surface area contributed by atoms with Crippen molar-refractivity contribution in [3.05, 3.63) is 24.0 Å². The highest BCUT2D eigenvalue weighted by Gasteiger charge is 2.01. The third-order valence-electron chi connectivity index (χ3n) is 1.75. The molecule has 5 nitrogen and oxygen atoms in total. The second-order valence-electron chi connectivity index (χ2n) is 3.05. The molecule has 1 aromatic rings. The molecule has 1 N–H and O–H groups in total. The van der Waals surface area contributed by atoms with Crippen molar-refractivity contribution in [3.8, 4) is 12.3 Å². The van der Waals surface area contributed by atoms with Crippen molar-refractivity contribution in [2.45, 2.75) is 0 Å². The molecule has 0 atom stereocenters. The molecule has 0 aliphatic heterocycles. The van der Waals surface area contributed by atoms with Crippen LogP contribution in [0.25, 0.3) is 6.08 Å². The average molecular weight is 217 g/mol. The zero-order valence-corrected chi connectivity index (χ0v) is 8.79. The summed E-state index contributed by atoms with van der Waals surface area (Å²) in [6.07, 6.45) is 10.7. The maximum absolute atomic E-state index is 10.3. The summed E-state index contributed by atoms with van der Waals surface area (Å²) in [5.41, 5.74) is 0.625. The molecule has 0 unspecified atom stereocenters. The summed E-state index contributed by atoms with van der Waals surface area (Å²) >= 11 is 0. The summed E-state index contributed by atoms with van der Waals surface area (Å²) in [6.45, 7) is 0.421. The molecule has 0 bridgehead atoms. The molecule has 0 fully saturated rings. The molecule has 0 aliphatic rings. The molecule has 0 radical (unpaired) electrons. The number of hydrogen-bond donors (Lipinski definition) is 1. The third-order valence-corrected chi connectivity index (χ3v) is 1.75. The number of carboxylic acid groups (broad SMARTS) is 1. The molecule has 0 aliphatic carbocycles. The Labute approximate surface area is 93.5 Å². The van der Waals surface area contributed by atoms with E-state index in [2.05, 4.69) is 15.9 Å². The summed E-state index contributed by atoms with van der Waals surface area (Å²) in [5.74, 6) is 1.97. The first kappa shape index (κ1) is 11.7. The van der Waals surface area contributed by atoms with Gasteiger partial charge in [0.1, 0.15) is 0 Å². The lowest BCUT2D eigenvalue weighted by Gasteiger charge is -2.12. The van der Waals surface area contributed by atoms with E-state index in [-0.39, 0.29) is 0 Å². The first-order valence-corrected chi connectivity index (χ1v) is 4.51. The monoisotopic (exact) mass is 217 g/mol. The van der Waals surface area contributed by atoms with Gasteiger partial charge in [-0.1, -0.05) is 5.92 Å². The number of carbonyl (C=O) groups is 1. The standard InChI is InChI=1S/C11H11N3O2/c1-3-6-14(2)11-12-7-9(8-13-11)4-5-10(15)16/h1,4-5,7-8H,6H2,2H3,(H,15,16)/b5-4+. The zero-order chi connectivity index (χ0) is 12.0. The van der Waals surface area contributed by atoms with E-state index in [1.807, 2.05) is 0 Å². The molecule has 0 aromatic carbocycles. The van der Waals surface area contributed by atoms with Crippen molar-refractivity contribution in [1.82, 2.24) is 9.97 Å². The number of aliphatic carboxylic acids is 1. The Morgan fingerprint density at radius 3 is 2.75 bits per heavy atom. The van der Waals surface area contributed by atoms with Crippen LogP contribution >= 0.6 is 0 Å². The largest absolute Gasteiger partial charge is 0.478 e. The minimum Gasteiger partial charge on any atom is -0.478 e. The maximum Gasteiger partial charge on any atom is 0.328 e. The average Bonchev–Trinajstić information content (AvgIpc) is 2.27. The Hall–Kier alpha value is -2.35. The Morgan fingerprint density at radius 1 is 1.62 bits per heavy atom. The molecular formula is C11H11N3O2. The molecule has 1 aromatic heterocycles. The zero-order valence-electron chi connectivity index (χ0n) is 8.79. The Kier molecular flexibility index (Phi) is 4.04. The fraction of sp³-hybridized carbons (Fsp3) is 0.182. The first-order valence-electron chi connectivity index (χ1n) is 4.51. The highest BCUT2D eigenvalue weighted by molar-refractivity contribution is 5.85. The van der Waals surface area contributed by atoms with Crippen LogP contribution in [-0.4, -0.2) is 34.6 Å². The van der Waals surface area contributed by atoms with E-state index in [0.717, 1.165) is 6.08 Å². The van der Waals surface area contributed by atoms with E-state index in [9.17, 15) is 4.79 Å². The van der Waals surface area contributed by atoms with Crippen LogP contribution in [0.15, 0.2) is 18.5 Å². The van der Waals surface area contributed by atoms with Crippen LogP contribution in [0.2, 0.25) is 0 Å². The molecule has 1 rings (SSSR count). The van der Waals surface area contributed by atoms with Gasteiger partial charge in [-0.05, 0) is 6.08 Å². The van der Waals surface area contributed by atoms with Crippen LogP contribution in [0, 0.1) is 12.3 Å². The number of carboxylic acids is 1. The second-order valence-corrected chi connectivity index (χ2v) is 3.05. The molecule has 0 spiro atoms. The van der Waals surface area contributed by atoms with E-state index in [0.29, 0.717) is 18.1 Å². The molecule has 0 amide bonds.